The lowest BCUT2D eigenvalue weighted by atomic mass is 10.0. The molecule has 0 aliphatic rings. The number of nitrogens with zero attached hydrogens (tertiary/aromatic N) is 1. The summed E-state index contributed by atoms with van der Waals surface area (Å²) < 4.78 is 0. The second-order valence-corrected chi connectivity index (χ2v) is 3.05. The zero-order chi connectivity index (χ0) is 9.80. The molecule has 0 fully saturated rings. The lowest BCUT2D eigenvalue weighted by Gasteiger charge is -2.00. The maximum Gasteiger partial charge on any atom is 0.150 e. The molecule has 1 heterocycles. The summed E-state index contributed by atoms with van der Waals surface area (Å²) in [4.78, 5) is 17.7. The Morgan fingerprint density at radius 2 is 2.21 bits per heavy atom. The highest BCUT2D eigenvalue weighted by molar-refractivity contribution is 5.77. The number of nitrogens with one attached hydrogen (secondary N) is 1. The first-order valence-electron chi connectivity index (χ1n) is 4.41. The van der Waals surface area contributed by atoms with Crippen LogP contribution in [0.3, 0.4) is 0 Å². The van der Waals surface area contributed by atoms with Crippen LogP contribution in [-0.2, 0) is 6.42 Å². The first-order valence-corrected chi connectivity index (χ1v) is 4.41. The van der Waals surface area contributed by atoms with Crippen LogP contribution in [0.15, 0.2) is 36.8 Å². The van der Waals surface area contributed by atoms with E-state index in [9.17, 15) is 4.79 Å². The van der Waals surface area contributed by atoms with E-state index in [0.717, 1.165) is 23.1 Å². The van der Waals surface area contributed by atoms with Crippen LogP contribution in [0.1, 0.15) is 21.6 Å². The van der Waals surface area contributed by atoms with Crippen LogP contribution in [-0.4, -0.2) is 16.3 Å². The molecule has 0 radical (unpaired) electrons. The summed E-state index contributed by atoms with van der Waals surface area (Å²) in [5, 5.41) is 0. The monoisotopic (exact) mass is 186 g/mol. The van der Waals surface area contributed by atoms with Gasteiger partial charge in [-0.15, -0.1) is 0 Å². The minimum absolute atomic E-state index is 0.693. The van der Waals surface area contributed by atoms with Crippen LogP contribution in [0.2, 0.25) is 0 Å². The highest BCUT2D eigenvalue weighted by atomic mass is 16.1. The Kier molecular flexibility index (Phi) is 2.40. The topological polar surface area (TPSA) is 45.8 Å². The van der Waals surface area contributed by atoms with Gasteiger partial charge in [-0.05, 0) is 5.56 Å². The lowest BCUT2D eigenvalue weighted by molar-refractivity contribution is 0.112. The average Bonchev–Trinajstić information content (AvgIpc) is 2.71. The summed E-state index contributed by atoms with van der Waals surface area (Å²) in [6, 6.07) is 7.54. The van der Waals surface area contributed by atoms with Gasteiger partial charge in [0, 0.05) is 18.2 Å². The van der Waals surface area contributed by atoms with Gasteiger partial charge in [-0.25, -0.2) is 4.98 Å². The summed E-state index contributed by atoms with van der Waals surface area (Å²) in [5.74, 6) is 0. The summed E-state index contributed by atoms with van der Waals surface area (Å²) in [5.41, 5.74) is 2.68. The van der Waals surface area contributed by atoms with Gasteiger partial charge in [0.2, 0.25) is 0 Å². The van der Waals surface area contributed by atoms with Crippen molar-refractivity contribution in [1.29, 1.82) is 0 Å². The van der Waals surface area contributed by atoms with Crippen LogP contribution in [0.5, 0.6) is 0 Å². The third-order valence-electron chi connectivity index (χ3n) is 2.11. The molecule has 0 unspecified atom stereocenters. The molecule has 0 bridgehead atoms. The number of hydrogen-bond donors (Lipinski definition) is 1. The third-order valence-corrected chi connectivity index (χ3v) is 2.11. The van der Waals surface area contributed by atoms with Crippen LogP contribution in [0.4, 0.5) is 0 Å². The zero-order valence-corrected chi connectivity index (χ0v) is 7.60. The van der Waals surface area contributed by atoms with E-state index in [1.165, 1.54) is 0 Å². The van der Waals surface area contributed by atoms with Crippen LogP contribution in [0.25, 0.3) is 0 Å². The Morgan fingerprint density at radius 1 is 1.36 bits per heavy atom. The molecule has 0 spiro atoms. The second kappa shape index (κ2) is 3.87. The van der Waals surface area contributed by atoms with Crippen molar-refractivity contribution >= 4 is 6.29 Å². The van der Waals surface area contributed by atoms with E-state index in [1.807, 2.05) is 30.5 Å². The number of carbonyl (C=O) groups excluding carboxylic acids is 1. The minimum Gasteiger partial charge on any atom is -0.351 e. The van der Waals surface area contributed by atoms with E-state index in [1.54, 1.807) is 6.33 Å². The maximum atomic E-state index is 10.7. The Bertz CT molecular complexity index is 421. The molecule has 14 heavy (non-hydrogen) atoms. The van der Waals surface area contributed by atoms with Crippen molar-refractivity contribution in [2.24, 2.45) is 0 Å². The van der Waals surface area contributed by atoms with Gasteiger partial charge < -0.3 is 4.98 Å². The molecule has 0 saturated carbocycles. The smallest absolute Gasteiger partial charge is 0.150 e. The van der Waals surface area contributed by atoms with Gasteiger partial charge in [0.25, 0.3) is 0 Å². The molecule has 2 aromatic rings. The molecule has 1 aromatic heterocycles. The molecular formula is C11H10N2O. The number of aromatic nitrogens is 2. The number of benzene rings is 1. The van der Waals surface area contributed by atoms with Crippen molar-refractivity contribution in [3.8, 4) is 0 Å². The Labute approximate surface area is 81.8 Å². The van der Waals surface area contributed by atoms with E-state index in [-0.39, 0.29) is 0 Å². The molecular weight excluding hydrogens is 176 g/mol. The quantitative estimate of drug-likeness (QED) is 0.743. The van der Waals surface area contributed by atoms with Gasteiger partial charge in [-0.3, -0.25) is 4.79 Å². The van der Waals surface area contributed by atoms with Crippen molar-refractivity contribution in [3.63, 3.8) is 0 Å². The van der Waals surface area contributed by atoms with Crippen LogP contribution in [0, 0.1) is 0 Å². The van der Waals surface area contributed by atoms with E-state index < -0.39 is 0 Å². The van der Waals surface area contributed by atoms with Crippen molar-refractivity contribution in [2.75, 3.05) is 0 Å². The number of rotatable bonds is 3. The standard InChI is InChI=1S/C11H10N2O/c14-7-10-4-2-1-3-9(10)5-11-6-12-8-13-11/h1-4,6-8H,5H2,(H,12,13). The molecule has 70 valence electrons. The molecule has 2 rings (SSSR count). The first kappa shape index (κ1) is 8.69. The highest BCUT2D eigenvalue weighted by Gasteiger charge is 2.02. The third kappa shape index (κ3) is 1.71. The van der Waals surface area contributed by atoms with Crippen molar-refractivity contribution in [2.45, 2.75) is 6.42 Å². The van der Waals surface area contributed by atoms with Crippen molar-refractivity contribution in [3.05, 3.63) is 53.6 Å². The molecule has 3 nitrogen and oxygen atoms in total. The minimum atomic E-state index is 0.693. The second-order valence-electron chi connectivity index (χ2n) is 3.05. The van der Waals surface area contributed by atoms with E-state index in [2.05, 4.69) is 9.97 Å². The van der Waals surface area contributed by atoms with Gasteiger partial charge in [-0.1, -0.05) is 24.3 Å². The number of aromatic amines is 1. The number of H-pyrrole nitrogens is 1. The van der Waals surface area contributed by atoms with Crippen molar-refractivity contribution in [1.82, 2.24) is 9.97 Å². The Morgan fingerprint density at radius 3 is 2.93 bits per heavy atom. The molecule has 0 aliphatic heterocycles. The van der Waals surface area contributed by atoms with E-state index in [4.69, 9.17) is 0 Å². The lowest BCUT2D eigenvalue weighted by Crippen LogP contribution is -1.93. The van der Waals surface area contributed by atoms with Gasteiger partial charge in [-0.2, -0.15) is 0 Å². The average molecular weight is 186 g/mol. The van der Waals surface area contributed by atoms with Crippen LogP contribution >= 0.6 is 0 Å². The van der Waals surface area contributed by atoms with Gasteiger partial charge in [0.1, 0.15) is 6.29 Å². The highest BCUT2D eigenvalue weighted by Crippen LogP contribution is 2.10. The number of aldehydes is 1. The summed E-state index contributed by atoms with van der Waals surface area (Å²) in [6.07, 6.45) is 5.04. The molecule has 0 aliphatic carbocycles. The predicted octanol–water partition coefficient (Wildman–Crippen LogP) is 1.81. The number of hydrogen-bond acceptors (Lipinski definition) is 2. The molecule has 1 aromatic carbocycles. The first-order chi connectivity index (χ1) is 6.90. The van der Waals surface area contributed by atoms with E-state index >= 15 is 0 Å². The molecule has 1 N–H and O–H groups in total. The normalized spacial score (nSPS) is 10.0. The summed E-state index contributed by atoms with van der Waals surface area (Å²) in [7, 11) is 0. The molecule has 0 atom stereocenters. The number of carbonyl (C=O) groups is 1. The fourth-order valence-electron chi connectivity index (χ4n) is 1.39. The Hall–Kier alpha value is -1.90. The number of imidazole rings is 1. The van der Waals surface area contributed by atoms with Gasteiger partial charge in [0.05, 0.1) is 12.0 Å². The maximum absolute atomic E-state index is 10.7. The molecule has 0 saturated heterocycles. The van der Waals surface area contributed by atoms with Gasteiger partial charge >= 0.3 is 0 Å². The van der Waals surface area contributed by atoms with Gasteiger partial charge in [0.15, 0.2) is 0 Å². The van der Waals surface area contributed by atoms with Crippen molar-refractivity contribution < 1.29 is 4.79 Å². The van der Waals surface area contributed by atoms with E-state index in [0.29, 0.717) is 6.42 Å². The summed E-state index contributed by atoms with van der Waals surface area (Å²) in [6.45, 7) is 0. The molecule has 3 heteroatoms. The zero-order valence-electron chi connectivity index (χ0n) is 7.60. The van der Waals surface area contributed by atoms with Crippen LogP contribution < -0.4 is 0 Å². The predicted molar refractivity (Wildman–Crippen MR) is 53.2 cm³/mol. The molecule has 0 amide bonds. The summed E-state index contributed by atoms with van der Waals surface area (Å²) >= 11 is 0. The largest absolute Gasteiger partial charge is 0.351 e. The SMILES string of the molecule is O=Cc1ccccc1Cc1c[nH]cn1. The fourth-order valence-corrected chi connectivity index (χ4v) is 1.39. The fraction of sp³-hybridized carbons (Fsp3) is 0.0909. The Balaban J connectivity index is 2.28.